The van der Waals surface area contributed by atoms with Crippen LogP contribution in [0.4, 0.5) is 0 Å². The van der Waals surface area contributed by atoms with Crippen molar-refractivity contribution in [1.29, 1.82) is 0 Å². The summed E-state index contributed by atoms with van der Waals surface area (Å²) >= 11 is 0. The number of aliphatic imine (C=N–C) groups is 1. The van der Waals surface area contributed by atoms with Gasteiger partial charge in [-0.25, -0.2) is 0 Å². The van der Waals surface area contributed by atoms with E-state index in [0.717, 1.165) is 5.84 Å². The quantitative estimate of drug-likeness (QED) is 0.637. The molecular formula is C16H26N2. The zero-order chi connectivity index (χ0) is 13.9. The lowest BCUT2D eigenvalue weighted by atomic mass is 9.98. The molecule has 1 N–H and O–H groups in total. The van der Waals surface area contributed by atoms with Crippen molar-refractivity contribution in [3.05, 3.63) is 34.4 Å². The van der Waals surface area contributed by atoms with E-state index < -0.39 is 0 Å². The van der Waals surface area contributed by atoms with Crippen molar-refractivity contribution in [2.75, 3.05) is 0 Å². The molecule has 0 saturated heterocycles. The molecule has 0 aliphatic carbocycles. The van der Waals surface area contributed by atoms with Crippen LogP contribution in [0.25, 0.3) is 0 Å². The minimum absolute atomic E-state index is 0.298. The zero-order valence-corrected chi connectivity index (χ0v) is 12.8. The number of benzene rings is 1. The van der Waals surface area contributed by atoms with Crippen molar-refractivity contribution in [2.45, 2.75) is 60.5 Å². The van der Waals surface area contributed by atoms with Crippen molar-refractivity contribution >= 4 is 5.84 Å². The third-order valence-corrected chi connectivity index (χ3v) is 2.73. The lowest BCUT2D eigenvalue weighted by Gasteiger charge is -2.19. The summed E-state index contributed by atoms with van der Waals surface area (Å²) in [7, 11) is 0. The largest absolute Gasteiger partial charge is 0.368 e. The van der Waals surface area contributed by atoms with E-state index >= 15 is 0 Å². The molecule has 0 aromatic heterocycles. The molecule has 1 aromatic carbocycles. The van der Waals surface area contributed by atoms with E-state index in [2.05, 4.69) is 65.9 Å². The summed E-state index contributed by atoms with van der Waals surface area (Å²) in [6, 6.07) is 5.13. The van der Waals surface area contributed by atoms with E-state index in [1.54, 1.807) is 0 Å². The molecule has 18 heavy (non-hydrogen) atoms. The molecule has 2 heteroatoms. The van der Waals surface area contributed by atoms with Gasteiger partial charge in [-0.2, -0.15) is 0 Å². The molecule has 0 fully saturated rings. The molecule has 0 aliphatic heterocycles. The Morgan fingerprint density at radius 3 is 1.89 bits per heavy atom. The van der Waals surface area contributed by atoms with Gasteiger partial charge in [0.15, 0.2) is 0 Å². The summed E-state index contributed by atoms with van der Waals surface area (Å²) in [5.41, 5.74) is 5.14. The Morgan fingerprint density at radius 1 is 1.00 bits per heavy atom. The standard InChI is InChI=1S/C16H26N2/c1-10(2)17-16(18-11(3)4)15-13(6)8-12(5)9-14(15)7/h8-11H,1-7H3,(H,17,18). The van der Waals surface area contributed by atoms with Gasteiger partial charge in [0.2, 0.25) is 0 Å². The van der Waals surface area contributed by atoms with Gasteiger partial charge < -0.3 is 5.32 Å². The van der Waals surface area contributed by atoms with Gasteiger partial charge >= 0.3 is 0 Å². The first kappa shape index (κ1) is 14.7. The summed E-state index contributed by atoms with van der Waals surface area (Å²) in [6.45, 7) is 15.0. The van der Waals surface area contributed by atoms with E-state index in [1.165, 1.54) is 22.3 Å². The molecule has 0 unspecified atom stereocenters. The molecule has 0 heterocycles. The van der Waals surface area contributed by atoms with E-state index in [0.29, 0.717) is 12.1 Å². The van der Waals surface area contributed by atoms with Gasteiger partial charge in [-0.1, -0.05) is 17.7 Å². The van der Waals surface area contributed by atoms with Gasteiger partial charge in [-0.15, -0.1) is 0 Å². The molecule has 0 spiro atoms. The second-order valence-electron chi connectivity index (χ2n) is 5.64. The summed E-state index contributed by atoms with van der Waals surface area (Å²) in [6.07, 6.45) is 0. The SMILES string of the molecule is Cc1cc(C)c(C(=NC(C)C)NC(C)C)c(C)c1. The van der Waals surface area contributed by atoms with Gasteiger partial charge in [0.05, 0.1) is 0 Å². The van der Waals surface area contributed by atoms with E-state index in [-0.39, 0.29) is 0 Å². The lowest BCUT2D eigenvalue weighted by Crippen LogP contribution is -2.33. The molecule has 0 aliphatic rings. The average molecular weight is 246 g/mol. The highest BCUT2D eigenvalue weighted by Crippen LogP contribution is 2.17. The van der Waals surface area contributed by atoms with Crippen LogP contribution in [-0.2, 0) is 0 Å². The summed E-state index contributed by atoms with van der Waals surface area (Å²) in [5, 5.41) is 3.48. The van der Waals surface area contributed by atoms with Gasteiger partial charge in [0, 0.05) is 17.6 Å². The predicted molar refractivity (Wildman–Crippen MR) is 80.6 cm³/mol. The van der Waals surface area contributed by atoms with Crippen LogP contribution in [0, 0.1) is 20.8 Å². The number of rotatable bonds is 3. The Balaban J connectivity index is 3.29. The lowest BCUT2D eigenvalue weighted by molar-refractivity contribution is 0.719. The van der Waals surface area contributed by atoms with Crippen LogP contribution < -0.4 is 5.32 Å². The second kappa shape index (κ2) is 6.03. The van der Waals surface area contributed by atoms with Gasteiger partial charge in [-0.3, -0.25) is 4.99 Å². The first-order chi connectivity index (χ1) is 8.31. The number of nitrogens with zero attached hydrogens (tertiary/aromatic N) is 1. The van der Waals surface area contributed by atoms with Gasteiger partial charge in [0.1, 0.15) is 5.84 Å². The minimum Gasteiger partial charge on any atom is -0.368 e. The molecule has 0 atom stereocenters. The smallest absolute Gasteiger partial charge is 0.129 e. The van der Waals surface area contributed by atoms with Crippen LogP contribution in [0.2, 0.25) is 0 Å². The first-order valence-electron chi connectivity index (χ1n) is 6.73. The normalized spacial score (nSPS) is 12.4. The van der Waals surface area contributed by atoms with Crippen molar-refractivity contribution in [3.63, 3.8) is 0 Å². The van der Waals surface area contributed by atoms with Crippen LogP contribution in [0.15, 0.2) is 17.1 Å². The van der Waals surface area contributed by atoms with E-state index in [1.807, 2.05) is 0 Å². The summed E-state index contributed by atoms with van der Waals surface area (Å²) in [4.78, 5) is 4.74. The van der Waals surface area contributed by atoms with Crippen molar-refractivity contribution in [2.24, 2.45) is 4.99 Å². The summed E-state index contributed by atoms with van der Waals surface area (Å²) in [5.74, 6) is 1.02. The predicted octanol–water partition coefficient (Wildman–Crippen LogP) is 3.76. The molecule has 1 aromatic rings. The van der Waals surface area contributed by atoms with E-state index in [4.69, 9.17) is 4.99 Å². The molecule has 0 amide bonds. The maximum Gasteiger partial charge on any atom is 0.129 e. The van der Waals surface area contributed by atoms with Gasteiger partial charge in [0.25, 0.3) is 0 Å². The number of hydrogen-bond acceptors (Lipinski definition) is 1. The average Bonchev–Trinajstić information content (AvgIpc) is 2.12. The highest BCUT2D eigenvalue weighted by molar-refractivity contribution is 6.01. The molecule has 100 valence electrons. The third kappa shape index (κ3) is 3.86. The topological polar surface area (TPSA) is 24.4 Å². The fraction of sp³-hybridized carbons (Fsp3) is 0.562. The zero-order valence-electron chi connectivity index (χ0n) is 12.8. The number of amidine groups is 1. The Labute approximate surface area is 112 Å². The Bertz CT molecular complexity index is 419. The fourth-order valence-corrected chi connectivity index (χ4v) is 2.26. The fourth-order valence-electron chi connectivity index (χ4n) is 2.26. The number of nitrogens with one attached hydrogen (secondary N) is 1. The maximum atomic E-state index is 4.74. The Kier molecular flexibility index (Phi) is 4.94. The monoisotopic (exact) mass is 246 g/mol. The molecule has 0 radical (unpaired) electrons. The molecule has 0 saturated carbocycles. The second-order valence-corrected chi connectivity index (χ2v) is 5.64. The van der Waals surface area contributed by atoms with Crippen LogP contribution in [0.5, 0.6) is 0 Å². The van der Waals surface area contributed by atoms with Crippen molar-refractivity contribution in [1.82, 2.24) is 5.32 Å². The van der Waals surface area contributed by atoms with Crippen LogP contribution >= 0.6 is 0 Å². The molecule has 0 bridgehead atoms. The molecule has 2 nitrogen and oxygen atoms in total. The van der Waals surface area contributed by atoms with Crippen LogP contribution in [0.1, 0.15) is 49.9 Å². The van der Waals surface area contributed by atoms with Crippen LogP contribution in [0.3, 0.4) is 0 Å². The van der Waals surface area contributed by atoms with Crippen molar-refractivity contribution < 1.29 is 0 Å². The molecule has 1 rings (SSSR count). The molecular weight excluding hydrogens is 220 g/mol. The maximum absolute atomic E-state index is 4.74. The number of aryl methyl sites for hydroxylation is 3. The minimum atomic E-state index is 0.298. The highest BCUT2D eigenvalue weighted by atomic mass is 15.0. The first-order valence-corrected chi connectivity index (χ1v) is 6.73. The Hall–Kier alpha value is -1.31. The van der Waals surface area contributed by atoms with E-state index in [9.17, 15) is 0 Å². The number of hydrogen-bond donors (Lipinski definition) is 1. The van der Waals surface area contributed by atoms with Crippen LogP contribution in [-0.4, -0.2) is 17.9 Å². The highest BCUT2D eigenvalue weighted by Gasteiger charge is 2.12. The third-order valence-electron chi connectivity index (χ3n) is 2.73. The van der Waals surface area contributed by atoms with Gasteiger partial charge in [-0.05, 0) is 59.6 Å². The summed E-state index contributed by atoms with van der Waals surface area (Å²) < 4.78 is 0. The van der Waals surface area contributed by atoms with Crippen molar-refractivity contribution in [3.8, 4) is 0 Å². The Morgan fingerprint density at radius 2 is 1.50 bits per heavy atom.